The van der Waals surface area contributed by atoms with Gasteiger partial charge in [-0.3, -0.25) is 0 Å². The fraction of sp³-hybridized carbons (Fsp3) is 1.00. The van der Waals surface area contributed by atoms with Gasteiger partial charge < -0.3 is 0 Å². The highest BCUT2D eigenvalue weighted by Crippen LogP contribution is 2.28. The second kappa shape index (κ2) is 23.9. The average Bonchev–Trinajstić information content (AvgIpc) is 2.74. The maximum absolute atomic E-state index is 13.0. The quantitative estimate of drug-likeness (QED) is 0.0926. The zero-order chi connectivity index (χ0) is 23.9. The lowest BCUT2D eigenvalue weighted by atomic mass is 9.88. The van der Waals surface area contributed by atoms with Gasteiger partial charge in [-0.05, 0) is 11.8 Å². The summed E-state index contributed by atoms with van der Waals surface area (Å²) in [6.45, 7) is 4.42. The van der Waals surface area contributed by atoms with E-state index in [1.807, 2.05) is 0 Å². The van der Waals surface area contributed by atoms with Crippen molar-refractivity contribution in [2.75, 3.05) is 0 Å². The third-order valence-corrected chi connectivity index (χ3v) is 6.93. The SMILES string of the molecule is CCCCCCCCCC(CCCCC(CCCCCCCCC)CC(F)F)CC(F)F. The third-order valence-electron chi connectivity index (χ3n) is 6.93. The van der Waals surface area contributed by atoms with Crippen molar-refractivity contribution in [1.82, 2.24) is 0 Å². The van der Waals surface area contributed by atoms with Crippen LogP contribution in [0.1, 0.15) is 155 Å². The van der Waals surface area contributed by atoms with E-state index in [-0.39, 0.29) is 24.7 Å². The predicted octanol–water partition coefficient (Wildman–Crippen LogP) is 11.4. The summed E-state index contributed by atoms with van der Waals surface area (Å²) >= 11 is 0. The molecule has 0 nitrogen and oxygen atoms in total. The minimum Gasteiger partial charge on any atom is -0.211 e. The molecule has 4 heteroatoms. The molecule has 0 aromatic carbocycles. The Morgan fingerprint density at radius 1 is 0.375 bits per heavy atom. The predicted molar refractivity (Wildman–Crippen MR) is 132 cm³/mol. The molecule has 0 saturated heterocycles. The molecule has 0 rings (SSSR count). The first-order valence-corrected chi connectivity index (χ1v) is 14.1. The van der Waals surface area contributed by atoms with Gasteiger partial charge in [-0.1, -0.05) is 142 Å². The highest BCUT2D eigenvalue weighted by atomic mass is 19.3. The summed E-state index contributed by atoms with van der Waals surface area (Å²) < 4.78 is 51.9. The minimum absolute atomic E-state index is 0.00826. The second-order valence-electron chi connectivity index (χ2n) is 10.1. The van der Waals surface area contributed by atoms with Crippen molar-refractivity contribution in [1.29, 1.82) is 0 Å². The molecule has 0 fully saturated rings. The maximum atomic E-state index is 13.0. The van der Waals surface area contributed by atoms with Gasteiger partial charge in [-0.15, -0.1) is 0 Å². The molecule has 2 atom stereocenters. The first-order valence-electron chi connectivity index (χ1n) is 14.1. The van der Waals surface area contributed by atoms with E-state index in [9.17, 15) is 17.6 Å². The topological polar surface area (TPSA) is 0 Å². The van der Waals surface area contributed by atoms with Crippen LogP contribution in [0.25, 0.3) is 0 Å². The largest absolute Gasteiger partial charge is 0.238 e. The van der Waals surface area contributed by atoms with Crippen LogP contribution in [0.4, 0.5) is 17.6 Å². The lowest BCUT2D eigenvalue weighted by Gasteiger charge is -2.19. The van der Waals surface area contributed by atoms with Crippen LogP contribution in [0.2, 0.25) is 0 Å². The number of hydrogen-bond acceptors (Lipinski definition) is 0. The molecular formula is C28H54F4. The van der Waals surface area contributed by atoms with E-state index in [0.29, 0.717) is 0 Å². The van der Waals surface area contributed by atoms with Crippen LogP contribution < -0.4 is 0 Å². The maximum Gasteiger partial charge on any atom is 0.238 e. The summed E-state index contributed by atoms with van der Waals surface area (Å²) in [6.07, 6.45) is 17.8. The van der Waals surface area contributed by atoms with Crippen molar-refractivity contribution in [3.63, 3.8) is 0 Å². The molecule has 0 amide bonds. The Morgan fingerprint density at radius 2 is 0.625 bits per heavy atom. The molecule has 0 bridgehead atoms. The van der Waals surface area contributed by atoms with E-state index >= 15 is 0 Å². The van der Waals surface area contributed by atoms with E-state index in [4.69, 9.17) is 0 Å². The van der Waals surface area contributed by atoms with E-state index in [1.54, 1.807) is 0 Å². The zero-order valence-corrected chi connectivity index (χ0v) is 21.4. The van der Waals surface area contributed by atoms with E-state index in [2.05, 4.69) is 13.8 Å². The first kappa shape index (κ1) is 31.7. The Labute approximate surface area is 197 Å². The van der Waals surface area contributed by atoms with Crippen LogP contribution in [0, 0.1) is 11.8 Å². The summed E-state index contributed by atoms with van der Waals surface area (Å²) in [6, 6.07) is 0. The molecule has 2 unspecified atom stereocenters. The Morgan fingerprint density at radius 3 is 0.906 bits per heavy atom. The van der Waals surface area contributed by atoms with Gasteiger partial charge >= 0.3 is 0 Å². The smallest absolute Gasteiger partial charge is 0.211 e. The van der Waals surface area contributed by atoms with Crippen molar-refractivity contribution in [3.8, 4) is 0 Å². The number of hydrogen-bond donors (Lipinski definition) is 0. The van der Waals surface area contributed by atoms with Gasteiger partial charge in [0.2, 0.25) is 12.9 Å². The Kier molecular flexibility index (Phi) is 23.7. The van der Waals surface area contributed by atoms with E-state index in [0.717, 1.165) is 64.2 Å². The molecule has 0 N–H and O–H groups in total. The number of unbranched alkanes of at least 4 members (excludes halogenated alkanes) is 13. The molecule has 0 heterocycles. The zero-order valence-electron chi connectivity index (χ0n) is 21.4. The highest BCUT2D eigenvalue weighted by Gasteiger charge is 2.17. The molecular weight excluding hydrogens is 412 g/mol. The minimum atomic E-state index is -2.23. The Balaban J connectivity index is 4.05. The van der Waals surface area contributed by atoms with Crippen molar-refractivity contribution in [3.05, 3.63) is 0 Å². The van der Waals surface area contributed by atoms with Crippen molar-refractivity contribution < 1.29 is 17.6 Å². The normalized spacial score (nSPS) is 13.9. The molecule has 0 aromatic heterocycles. The van der Waals surface area contributed by atoms with Gasteiger partial charge in [0.1, 0.15) is 0 Å². The summed E-state index contributed by atoms with van der Waals surface area (Å²) in [5.41, 5.74) is 0. The van der Waals surface area contributed by atoms with Gasteiger partial charge in [0.05, 0.1) is 0 Å². The molecule has 0 radical (unpaired) electrons. The van der Waals surface area contributed by atoms with Gasteiger partial charge in [-0.25, -0.2) is 17.6 Å². The van der Waals surface area contributed by atoms with Crippen LogP contribution in [0.15, 0.2) is 0 Å². The van der Waals surface area contributed by atoms with Crippen molar-refractivity contribution >= 4 is 0 Å². The Hall–Kier alpha value is -0.280. The van der Waals surface area contributed by atoms with Gasteiger partial charge in [-0.2, -0.15) is 0 Å². The summed E-state index contributed by atoms with van der Waals surface area (Å²) in [5.74, 6) is 0.199. The highest BCUT2D eigenvalue weighted by molar-refractivity contribution is 4.66. The van der Waals surface area contributed by atoms with Gasteiger partial charge in [0.25, 0.3) is 0 Å². The summed E-state index contributed by atoms with van der Waals surface area (Å²) in [4.78, 5) is 0. The van der Waals surface area contributed by atoms with Crippen LogP contribution in [0.5, 0.6) is 0 Å². The first-order chi connectivity index (χ1) is 15.5. The number of alkyl halides is 4. The summed E-state index contributed by atoms with van der Waals surface area (Å²) in [7, 11) is 0. The van der Waals surface area contributed by atoms with Gasteiger partial charge in [0.15, 0.2) is 0 Å². The number of rotatable bonds is 25. The molecule has 0 aliphatic heterocycles. The van der Waals surface area contributed by atoms with Crippen LogP contribution in [0.3, 0.4) is 0 Å². The van der Waals surface area contributed by atoms with Gasteiger partial charge in [0, 0.05) is 12.8 Å². The lowest BCUT2D eigenvalue weighted by Crippen LogP contribution is -2.09. The third kappa shape index (κ3) is 22.9. The molecule has 32 heavy (non-hydrogen) atoms. The molecule has 194 valence electrons. The Bertz CT molecular complexity index is 325. The summed E-state index contributed by atoms with van der Waals surface area (Å²) in [5, 5.41) is 0. The average molecular weight is 467 g/mol. The van der Waals surface area contributed by atoms with Crippen molar-refractivity contribution in [2.24, 2.45) is 11.8 Å². The van der Waals surface area contributed by atoms with E-state index in [1.165, 1.54) is 64.2 Å². The standard InChI is InChI=1S/C28H54F4/c1-3-5-7-9-11-13-15-19-25(23-27(29)30)21-17-18-22-26(24-28(31)32)20-16-14-12-10-8-6-4-2/h25-28H,3-24H2,1-2H3. The van der Waals surface area contributed by atoms with Crippen LogP contribution >= 0.6 is 0 Å². The van der Waals surface area contributed by atoms with Crippen LogP contribution in [-0.4, -0.2) is 12.9 Å². The molecule has 0 aliphatic rings. The fourth-order valence-corrected chi connectivity index (χ4v) is 4.91. The van der Waals surface area contributed by atoms with Crippen molar-refractivity contribution in [2.45, 2.75) is 168 Å². The van der Waals surface area contributed by atoms with Crippen LogP contribution in [-0.2, 0) is 0 Å². The fourth-order valence-electron chi connectivity index (χ4n) is 4.91. The lowest BCUT2D eigenvalue weighted by molar-refractivity contribution is 0.104. The molecule has 0 spiro atoms. The number of halogens is 4. The molecule has 0 aromatic rings. The molecule has 0 aliphatic carbocycles. The van der Waals surface area contributed by atoms with E-state index < -0.39 is 12.9 Å². The molecule has 0 saturated carbocycles. The second-order valence-corrected chi connectivity index (χ2v) is 10.1. The monoisotopic (exact) mass is 466 g/mol.